The van der Waals surface area contributed by atoms with Gasteiger partial charge in [0.1, 0.15) is 0 Å². The summed E-state index contributed by atoms with van der Waals surface area (Å²) in [7, 11) is -0.877. The Kier molecular flexibility index (Phi) is 4.61. The lowest BCUT2D eigenvalue weighted by molar-refractivity contribution is 1.56. The van der Waals surface area contributed by atoms with E-state index < -0.39 is 7.92 Å². The van der Waals surface area contributed by atoms with E-state index in [1.165, 1.54) is 16.4 Å². The molecular weight excluding hydrogens is 271 g/mol. The summed E-state index contributed by atoms with van der Waals surface area (Å²) in [6, 6.07) is 32.0. The van der Waals surface area contributed by atoms with Crippen molar-refractivity contribution in [1.29, 1.82) is 0 Å². The Hall–Kier alpha value is -2.17. The van der Waals surface area contributed by atoms with Gasteiger partial charge in [0.05, 0.1) is 5.30 Å². The largest absolute Gasteiger partial charge is 0.160 e. The minimum atomic E-state index is -0.877. The Morgan fingerprint density at radius 3 is 1.29 bits per heavy atom. The first-order valence-corrected chi connectivity index (χ1v) is 8.79. The van der Waals surface area contributed by atoms with Gasteiger partial charge in [-0.15, -0.1) is 24.3 Å². The highest BCUT2D eigenvalue weighted by molar-refractivity contribution is 7.70. The molecule has 0 heterocycles. The Bertz CT molecular complexity index is 606. The molecule has 0 saturated heterocycles. The van der Waals surface area contributed by atoms with Crippen LogP contribution in [-0.2, 0) is 0 Å². The zero-order chi connectivity index (χ0) is 14.3. The van der Waals surface area contributed by atoms with E-state index in [1.54, 1.807) is 0 Å². The van der Waals surface area contributed by atoms with Crippen molar-refractivity contribution < 1.29 is 0 Å². The van der Waals surface area contributed by atoms with Gasteiger partial charge in [-0.1, -0.05) is 30.3 Å². The number of hydrogen-bond donors (Lipinski definition) is 0. The molecule has 0 amide bonds. The van der Waals surface area contributed by atoms with E-state index in [0.29, 0.717) is 0 Å². The van der Waals surface area contributed by atoms with Gasteiger partial charge in [0.2, 0.25) is 0 Å². The zero-order valence-corrected chi connectivity index (χ0v) is 12.8. The van der Waals surface area contributed by atoms with Crippen LogP contribution in [0.3, 0.4) is 0 Å². The maximum absolute atomic E-state index is 2.41. The Morgan fingerprint density at radius 2 is 0.857 bits per heavy atom. The summed E-state index contributed by atoms with van der Waals surface area (Å²) in [5.74, 6) is 0. The summed E-state index contributed by atoms with van der Waals surface area (Å²) in [5.41, 5.74) is 2.59. The van der Waals surface area contributed by atoms with Gasteiger partial charge in [0.25, 0.3) is 0 Å². The van der Waals surface area contributed by atoms with Gasteiger partial charge >= 0.3 is 0 Å². The van der Waals surface area contributed by atoms with Crippen molar-refractivity contribution in [3.63, 3.8) is 0 Å². The first-order valence-electron chi connectivity index (χ1n) is 7.14. The van der Waals surface area contributed by atoms with Gasteiger partial charge in [-0.2, -0.15) is 35.4 Å². The molecule has 0 aliphatic rings. The number of hydrogen-bond acceptors (Lipinski definition) is 0. The van der Waals surface area contributed by atoms with E-state index in [-0.39, 0.29) is 0 Å². The van der Waals surface area contributed by atoms with Crippen LogP contribution in [0.2, 0.25) is 0 Å². The molecule has 0 unspecified atom stereocenters. The molecule has 0 N–H and O–H groups in total. The molecule has 21 heavy (non-hydrogen) atoms. The summed E-state index contributed by atoms with van der Waals surface area (Å²) in [4.78, 5) is 0. The van der Waals surface area contributed by atoms with Crippen LogP contribution >= 0.6 is 7.92 Å². The first kappa shape index (κ1) is 13.8. The van der Waals surface area contributed by atoms with Gasteiger partial charge in [0, 0.05) is 0 Å². The van der Waals surface area contributed by atoms with Crippen molar-refractivity contribution in [3.05, 3.63) is 114 Å². The Balaban J connectivity index is 1.84. The average Bonchev–Trinajstić information content (AvgIpc) is 2.57. The molecule has 1 heteroatoms. The van der Waals surface area contributed by atoms with Crippen molar-refractivity contribution in [2.24, 2.45) is 0 Å². The minimum absolute atomic E-state index is 0.877. The van der Waals surface area contributed by atoms with E-state index in [1.807, 2.05) is 0 Å². The Morgan fingerprint density at radius 1 is 0.476 bits per heavy atom. The second-order valence-corrected chi connectivity index (χ2v) is 7.00. The standard InChI is InChI=1S/C20H18P/c1-4-10-18(11-5-1)16-21(20-14-8-3-9-15-20)17-19-12-6-2-7-13-19/h1-17,21H/q-1. The summed E-state index contributed by atoms with van der Waals surface area (Å²) >= 11 is 0. The topological polar surface area (TPSA) is 0 Å². The molecule has 0 aromatic heterocycles. The molecule has 0 fully saturated rings. The van der Waals surface area contributed by atoms with E-state index in [0.717, 1.165) is 0 Å². The molecule has 0 aliphatic carbocycles. The van der Waals surface area contributed by atoms with Gasteiger partial charge in [-0.3, -0.25) is 0 Å². The lowest BCUT2D eigenvalue weighted by atomic mass is 10.2. The molecule has 0 aliphatic heterocycles. The van der Waals surface area contributed by atoms with Crippen molar-refractivity contribution in [2.45, 2.75) is 0 Å². The fourth-order valence-corrected chi connectivity index (χ4v) is 4.39. The molecule has 0 bridgehead atoms. The molecule has 3 aromatic carbocycles. The van der Waals surface area contributed by atoms with Crippen molar-refractivity contribution >= 4 is 13.2 Å². The normalized spacial score (nSPS) is 10.3. The smallest absolute Gasteiger partial charge is 0.0785 e. The van der Waals surface area contributed by atoms with E-state index in [9.17, 15) is 0 Å². The third kappa shape index (κ3) is 3.90. The van der Waals surface area contributed by atoms with Crippen LogP contribution in [0.1, 0.15) is 11.1 Å². The van der Waals surface area contributed by atoms with Gasteiger partial charge in [0.15, 0.2) is 0 Å². The van der Waals surface area contributed by atoms with Crippen LogP contribution < -0.4 is 5.30 Å². The maximum Gasteiger partial charge on any atom is 0.0785 e. The first-order chi connectivity index (χ1) is 10.4. The SMILES string of the molecule is c1ccc([CH-][PH+]([CH-]c2ccccc2)c2ccccc2)cc1. The fourth-order valence-electron chi connectivity index (χ4n) is 2.30. The third-order valence-electron chi connectivity index (χ3n) is 3.35. The molecule has 3 rings (SSSR count). The van der Waals surface area contributed by atoms with Crippen LogP contribution in [0.5, 0.6) is 0 Å². The number of benzene rings is 3. The minimum Gasteiger partial charge on any atom is -0.160 e. The van der Waals surface area contributed by atoms with Gasteiger partial charge < -0.3 is 0 Å². The zero-order valence-electron chi connectivity index (χ0n) is 11.8. The monoisotopic (exact) mass is 289 g/mol. The molecule has 3 aromatic rings. The Labute approximate surface area is 128 Å². The second-order valence-electron chi connectivity index (χ2n) is 4.93. The highest BCUT2D eigenvalue weighted by Crippen LogP contribution is 2.45. The van der Waals surface area contributed by atoms with Crippen LogP contribution in [0, 0.1) is 12.3 Å². The van der Waals surface area contributed by atoms with Crippen molar-refractivity contribution in [3.8, 4) is 0 Å². The van der Waals surface area contributed by atoms with Crippen LogP contribution in [-0.4, -0.2) is 0 Å². The molecule has 0 saturated carbocycles. The third-order valence-corrected chi connectivity index (χ3v) is 5.64. The molecule has 0 radical (unpaired) electrons. The summed E-state index contributed by atoms with van der Waals surface area (Å²) in [6.07, 6.45) is 4.82. The molecule has 0 nitrogen and oxygen atoms in total. The van der Waals surface area contributed by atoms with Crippen molar-refractivity contribution in [2.75, 3.05) is 0 Å². The molecular formula is C20H18P-. The predicted octanol–water partition coefficient (Wildman–Crippen LogP) is 4.95. The van der Waals surface area contributed by atoms with E-state index >= 15 is 0 Å². The van der Waals surface area contributed by atoms with Crippen LogP contribution in [0.4, 0.5) is 0 Å². The maximum atomic E-state index is 2.41. The molecule has 0 atom stereocenters. The van der Waals surface area contributed by atoms with E-state index in [2.05, 4.69) is 103 Å². The van der Waals surface area contributed by atoms with Gasteiger partial charge in [-0.05, 0) is 32.4 Å². The van der Waals surface area contributed by atoms with Crippen LogP contribution in [0.25, 0.3) is 0 Å². The fraction of sp³-hybridized carbons (Fsp3) is 0. The predicted molar refractivity (Wildman–Crippen MR) is 94.1 cm³/mol. The average molecular weight is 289 g/mol. The molecule has 0 spiro atoms. The molecule has 104 valence electrons. The quantitative estimate of drug-likeness (QED) is 0.460. The summed E-state index contributed by atoms with van der Waals surface area (Å²) in [6.45, 7) is 0. The van der Waals surface area contributed by atoms with Gasteiger partial charge in [-0.25, -0.2) is 0 Å². The lowest BCUT2D eigenvalue weighted by Gasteiger charge is -2.19. The summed E-state index contributed by atoms with van der Waals surface area (Å²) in [5, 5.41) is 1.41. The number of rotatable bonds is 5. The summed E-state index contributed by atoms with van der Waals surface area (Å²) < 4.78 is 0. The van der Waals surface area contributed by atoms with E-state index in [4.69, 9.17) is 0 Å². The van der Waals surface area contributed by atoms with Crippen LogP contribution in [0.15, 0.2) is 91.0 Å². The highest BCUT2D eigenvalue weighted by Gasteiger charge is 2.12. The lowest BCUT2D eigenvalue weighted by Crippen LogP contribution is -2.01. The van der Waals surface area contributed by atoms with Crippen molar-refractivity contribution in [1.82, 2.24) is 0 Å². The second kappa shape index (κ2) is 7.02. The highest BCUT2D eigenvalue weighted by atomic mass is 31.1.